The third kappa shape index (κ3) is 3.15. The Kier molecular flexibility index (Phi) is 4.68. The summed E-state index contributed by atoms with van der Waals surface area (Å²) in [7, 11) is 0. The molecule has 0 saturated heterocycles. The highest BCUT2D eigenvalue weighted by Gasteiger charge is 2.16. The molecule has 7 rings (SSSR count). The largest absolute Gasteiger partial charge is 0.296 e. The number of hydrogen-bond donors (Lipinski definition) is 0. The summed E-state index contributed by atoms with van der Waals surface area (Å²) in [6, 6.07) is 41.7. The van der Waals surface area contributed by atoms with Crippen LogP contribution in [0, 0.1) is 0 Å². The summed E-state index contributed by atoms with van der Waals surface area (Å²) in [4.78, 5) is 4.93. The molecule has 0 atom stereocenters. The highest BCUT2D eigenvalue weighted by molar-refractivity contribution is 6.23. The molecule has 0 fully saturated rings. The highest BCUT2D eigenvalue weighted by atomic mass is 15.1. The van der Waals surface area contributed by atoms with Crippen LogP contribution in [-0.2, 0) is 0 Å². The first-order valence-electron chi connectivity index (χ1n) is 12.6. The molecule has 0 radical (unpaired) electrons. The Morgan fingerprint density at radius 1 is 0.611 bits per heavy atom. The zero-order chi connectivity index (χ0) is 24.2. The summed E-state index contributed by atoms with van der Waals surface area (Å²) in [5, 5.41) is 7.77. The summed E-state index contributed by atoms with van der Waals surface area (Å²) < 4.78 is 2.30. The number of hydrogen-bond acceptors (Lipinski definition) is 1. The molecule has 0 amide bonds. The second-order valence-corrected chi connectivity index (χ2v) is 9.85. The van der Waals surface area contributed by atoms with Crippen LogP contribution < -0.4 is 0 Å². The minimum atomic E-state index is 0.330. The molecule has 2 heteroatoms. The van der Waals surface area contributed by atoms with Crippen molar-refractivity contribution in [3.63, 3.8) is 0 Å². The lowest BCUT2D eigenvalue weighted by molar-refractivity contribution is 0.760. The Morgan fingerprint density at radius 3 is 2.08 bits per heavy atom. The van der Waals surface area contributed by atoms with E-state index in [1.165, 1.54) is 43.4 Å². The molecule has 0 aliphatic rings. The predicted molar refractivity (Wildman–Crippen MR) is 153 cm³/mol. The van der Waals surface area contributed by atoms with Gasteiger partial charge in [-0.25, -0.2) is 4.98 Å². The van der Waals surface area contributed by atoms with Gasteiger partial charge in [-0.05, 0) is 73.8 Å². The van der Waals surface area contributed by atoms with E-state index in [1.807, 2.05) is 0 Å². The summed E-state index contributed by atoms with van der Waals surface area (Å²) >= 11 is 0. The van der Waals surface area contributed by atoms with Crippen LogP contribution in [0.25, 0.3) is 60.2 Å². The molecule has 0 saturated carbocycles. The fourth-order valence-corrected chi connectivity index (χ4v) is 5.61. The molecule has 172 valence electrons. The molecule has 1 heterocycles. The molecule has 0 aliphatic carbocycles. The number of imidazole rings is 1. The van der Waals surface area contributed by atoms with Crippen LogP contribution in [0.4, 0.5) is 0 Å². The monoisotopic (exact) mass is 462 g/mol. The first kappa shape index (κ1) is 20.9. The Hall–Kier alpha value is -4.43. The number of nitrogens with zero attached hydrogens (tertiary/aromatic N) is 2. The van der Waals surface area contributed by atoms with E-state index in [4.69, 9.17) is 4.98 Å². The second kappa shape index (κ2) is 8.07. The molecule has 2 nitrogen and oxygen atoms in total. The van der Waals surface area contributed by atoms with Crippen molar-refractivity contribution in [2.75, 3.05) is 0 Å². The molecule has 0 aliphatic heterocycles. The lowest BCUT2D eigenvalue weighted by Crippen LogP contribution is -2.03. The zero-order valence-electron chi connectivity index (χ0n) is 20.4. The van der Waals surface area contributed by atoms with Crippen molar-refractivity contribution in [1.29, 1.82) is 0 Å². The number of aromatic nitrogens is 2. The van der Waals surface area contributed by atoms with Gasteiger partial charge in [0.2, 0.25) is 0 Å². The number of para-hydroxylation sites is 2. The van der Waals surface area contributed by atoms with E-state index in [0.29, 0.717) is 5.92 Å². The van der Waals surface area contributed by atoms with Crippen LogP contribution in [0.15, 0.2) is 115 Å². The molecule has 7 aromatic rings. The summed E-state index contributed by atoms with van der Waals surface area (Å²) in [5.41, 5.74) is 5.82. The normalized spacial score (nSPS) is 11.9. The van der Waals surface area contributed by atoms with Crippen LogP contribution in [0.2, 0.25) is 0 Å². The Morgan fingerprint density at radius 2 is 1.28 bits per heavy atom. The zero-order valence-corrected chi connectivity index (χ0v) is 20.4. The fourth-order valence-electron chi connectivity index (χ4n) is 5.61. The summed E-state index contributed by atoms with van der Waals surface area (Å²) in [6.07, 6.45) is 0. The van der Waals surface area contributed by atoms with Crippen LogP contribution in [0.5, 0.6) is 0 Å². The van der Waals surface area contributed by atoms with E-state index in [-0.39, 0.29) is 0 Å². The second-order valence-electron chi connectivity index (χ2n) is 9.85. The molecule has 36 heavy (non-hydrogen) atoms. The van der Waals surface area contributed by atoms with Gasteiger partial charge in [0.1, 0.15) is 5.82 Å². The van der Waals surface area contributed by atoms with E-state index < -0.39 is 0 Å². The fraction of sp³-hybridized carbons (Fsp3) is 0.0882. The molecule has 0 bridgehead atoms. The third-order valence-electron chi connectivity index (χ3n) is 7.29. The van der Waals surface area contributed by atoms with E-state index in [0.717, 1.165) is 22.5 Å². The van der Waals surface area contributed by atoms with Crippen molar-refractivity contribution < 1.29 is 0 Å². The molecular formula is C34H26N2. The molecule has 0 spiro atoms. The van der Waals surface area contributed by atoms with Crippen molar-refractivity contribution in [2.45, 2.75) is 19.8 Å². The van der Waals surface area contributed by atoms with Gasteiger partial charge in [-0.3, -0.25) is 4.57 Å². The van der Waals surface area contributed by atoms with E-state index in [9.17, 15) is 0 Å². The molecule has 0 N–H and O–H groups in total. The first-order valence-corrected chi connectivity index (χ1v) is 12.6. The van der Waals surface area contributed by atoms with Crippen molar-refractivity contribution in [3.8, 4) is 16.8 Å². The van der Waals surface area contributed by atoms with Crippen LogP contribution in [0.3, 0.4) is 0 Å². The maximum absolute atomic E-state index is 4.93. The smallest absolute Gasteiger partial charge is 0.117 e. The van der Waals surface area contributed by atoms with Gasteiger partial charge in [0, 0.05) is 11.6 Å². The molecule has 0 unspecified atom stereocenters. The molecule has 1 aromatic heterocycles. The average molecular weight is 463 g/mol. The molecular weight excluding hydrogens is 436 g/mol. The highest BCUT2D eigenvalue weighted by Crippen LogP contribution is 2.38. The van der Waals surface area contributed by atoms with Crippen LogP contribution in [0.1, 0.15) is 25.6 Å². The van der Waals surface area contributed by atoms with Crippen molar-refractivity contribution >= 4 is 43.4 Å². The van der Waals surface area contributed by atoms with Crippen LogP contribution >= 0.6 is 0 Å². The van der Waals surface area contributed by atoms with Crippen LogP contribution in [-0.4, -0.2) is 9.55 Å². The van der Waals surface area contributed by atoms with Crippen molar-refractivity contribution in [1.82, 2.24) is 9.55 Å². The Balaban J connectivity index is 1.43. The Bertz CT molecular complexity index is 1910. The number of rotatable bonds is 3. The number of benzene rings is 6. The Labute approximate surface area is 210 Å². The average Bonchev–Trinajstić information content (AvgIpc) is 3.32. The standard InChI is InChI=1S/C34H26N2/c1-22(2)34-35-31-13-7-8-14-32(31)36(34)26-19-17-24(18-20-26)30-21-25-16-15-23-9-3-4-10-27(23)33(25)29-12-6-5-11-28(29)30/h3-22H,1-2H3. The van der Waals surface area contributed by atoms with E-state index in [1.54, 1.807) is 0 Å². The van der Waals surface area contributed by atoms with Crippen molar-refractivity contribution in [3.05, 3.63) is 121 Å². The SMILES string of the molecule is CC(C)c1nc2ccccc2n1-c1ccc(-c2cc3ccc4ccccc4c3c3ccccc23)cc1. The van der Waals surface area contributed by atoms with Gasteiger partial charge in [0.15, 0.2) is 0 Å². The topological polar surface area (TPSA) is 17.8 Å². The minimum Gasteiger partial charge on any atom is -0.296 e. The van der Waals surface area contributed by atoms with Gasteiger partial charge in [-0.1, -0.05) is 98.8 Å². The van der Waals surface area contributed by atoms with Gasteiger partial charge in [0.05, 0.1) is 11.0 Å². The van der Waals surface area contributed by atoms with Crippen molar-refractivity contribution in [2.24, 2.45) is 0 Å². The summed E-state index contributed by atoms with van der Waals surface area (Å²) in [5.74, 6) is 1.42. The lowest BCUT2D eigenvalue weighted by Gasteiger charge is -2.15. The van der Waals surface area contributed by atoms with Gasteiger partial charge in [-0.15, -0.1) is 0 Å². The number of fused-ring (bicyclic) bond motifs is 6. The lowest BCUT2D eigenvalue weighted by atomic mass is 9.91. The van der Waals surface area contributed by atoms with Gasteiger partial charge in [0.25, 0.3) is 0 Å². The first-order chi connectivity index (χ1) is 17.7. The predicted octanol–water partition coefficient (Wildman–Crippen LogP) is 9.28. The third-order valence-corrected chi connectivity index (χ3v) is 7.29. The van der Waals surface area contributed by atoms with E-state index in [2.05, 4.69) is 134 Å². The van der Waals surface area contributed by atoms with Gasteiger partial charge >= 0.3 is 0 Å². The summed E-state index contributed by atoms with van der Waals surface area (Å²) in [6.45, 7) is 4.41. The quantitative estimate of drug-likeness (QED) is 0.239. The van der Waals surface area contributed by atoms with Gasteiger partial charge < -0.3 is 0 Å². The van der Waals surface area contributed by atoms with E-state index >= 15 is 0 Å². The maximum Gasteiger partial charge on any atom is 0.117 e. The van der Waals surface area contributed by atoms with Gasteiger partial charge in [-0.2, -0.15) is 0 Å². The minimum absolute atomic E-state index is 0.330. The molecule has 6 aromatic carbocycles. The maximum atomic E-state index is 4.93.